The van der Waals surface area contributed by atoms with Gasteiger partial charge in [-0.3, -0.25) is 4.79 Å². The zero-order valence-electron chi connectivity index (χ0n) is 15.7. The molecule has 4 rings (SSSR count). The van der Waals surface area contributed by atoms with Crippen molar-refractivity contribution in [1.82, 2.24) is 20.0 Å². The van der Waals surface area contributed by atoms with E-state index in [1.54, 1.807) is 12.1 Å². The van der Waals surface area contributed by atoms with Crippen LogP contribution >= 0.6 is 0 Å². The first-order valence-corrected chi connectivity index (χ1v) is 8.93. The maximum atomic E-state index is 12.4. The van der Waals surface area contributed by atoms with Crippen LogP contribution in [0.15, 0.2) is 71.5 Å². The standard InChI is InChI=1S/C20H14F3N5O3/c21-20(22,23)31-15-8-6-13(7-9-15)10-28-11-17(26-27-28)25-18(29)16-12-30-19(24-16)14-4-2-1-3-5-14/h1-9,11-12H,10H2,(H,25,29). The molecule has 0 saturated carbocycles. The van der Waals surface area contributed by atoms with Crippen LogP contribution in [0.1, 0.15) is 16.1 Å². The number of carbonyl (C=O) groups is 1. The van der Waals surface area contributed by atoms with Crippen molar-refractivity contribution in [2.45, 2.75) is 12.9 Å². The van der Waals surface area contributed by atoms with Crippen LogP contribution in [0, 0.1) is 0 Å². The van der Waals surface area contributed by atoms with Crippen LogP contribution in [-0.2, 0) is 6.54 Å². The molecule has 0 unspecified atom stereocenters. The smallest absolute Gasteiger partial charge is 0.444 e. The van der Waals surface area contributed by atoms with Gasteiger partial charge >= 0.3 is 6.36 Å². The van der Waals surface area contributed by atoms with E-state index >= 15 is 0 Å². The molecule has 0 aliphatic carbocycles. The van der Waals surface area contributed by atoms with Gasteiger partial charge in [-0.2, -0.15) is 0 Å². The van der Waals surface area contributed by atoms with Gasteiger partial charge < -0.3 is 14.5 Å². The van der Waals surface area contributed by atoms with Crippen LogP contribution in [0.4, 0.5) is 19.0 Å². The Kier molecular flexibility index (Phi) is 5.39. The number of halogens is 3. The third-order valence-electron chi connectivity index (χ3n) is 4.04. The fourth-order valence-corrected chi connectivity index (χ4v) is 2.69. The molecule has 11 heteroatoms. The number of anilines is 1. The largest absolute Gasteiger partial charge is 0.573 e. The lowest BCUT2D eigenvalue weighted by Crippen LogP contribution is -2.17. The molecule has 158 valence electrons. The summed E-state index contributed by atoms with van der Waals surface area (Å²) in [6.45, 7) is 0.233. The second kappa shape index (κ2) is 8.30. The van der Waals surface area contributed by atoms with Crippen molar-refractivity contribution >= 4 is 11.7 Å². The van der Waals surface area contributed by atoms with Crippen LogP contribution in [-0.4, -0.2) is 32.2 Å². The van der Waals surface area contributed by atoms with E-state index in [2.05, 4.69) is 25.3 Å². The molecule has 0 bridgehead atoms. The van der Waals surface area contributed by atoms with E-state index in [-0.39, 0.29) is 23.8 Å². The first kappa shape index (κ1) is 20.1. The van der Waals surface area contributed by atoms with Crippen LogP contribution in [0.5, 0.6) is 5.75 Å². The number of oxazole rings is 1. The Bertz CT molecular complexity index is 1170. The van der Waals surface area contributed by atoms with Crippen LogP contribution in [0.3, 0.4) is 0 Å². The first-order valence-electron chi connectivity index (χ1n) is 8.93. The molecule has 1 amide bonds. The van der Waals surface area contributed by atoms with E-state index in [9.17, 15) is 18.0 Å². The quantitative estimate of drug-likeness (QED) is 0.495. The number of hydrogen-bond acceptors (Lipinski definition) is 6. The molecule has 0 atom stereocenters. The Morgan fingerprint density at radius 1 is 1.10 bits per heavy atom. The number of nitrogens with one attached hydrogen (secondary N) is 1. The number of benzene rings is 2. The summed E-state index contributed by atoms with van der Waals surface area (Å²) in [7, 11) is 0. The van der Waals surface area contributed by atoms with Gasteiger partial charge in [0.1, 0.15) is 12.0 Å². The highest BCUT2D eigenvalue weighted by atomic mass is 19.4. The van der Waals surface area contributed by atoms with Gasteiger partial charge in [0.25, 0.3) is 5.91 Å². The summed E-state index contributed by atoms with van der Waals surface area (Å²) in [6, 6.07) is 14.5. The van der Waals surface area contributed by atoms with E-state index < -0.39 is 12.3 Å². The van der Waals surface area contributed by atoms with Crippen molar-refractivity contribution < 1.29 is 27.1 Å². The van der Waals surface area contributed by atoms with Crippen molar-refractivity contribution in [1.29, 1.82) is 0 Å². The van der Waals surface area contributed by atoms with Gasteiger partial charge in [-0.25, -0.2) is 9.67 Å². The summed E-state index contributed by atoms with van der Waals surface area (Å²) in [4.78, 5) is 16.5. The highest BCUT2D eigenvalue weighted by molar-refractivity contribution is 6.02. The summed E-state index contributed by atoms with van der Waals surface area (Å²) in [5.74, 6) is -0.337. The molecular weight excluding hydrogens is 415 g/mol. The molecule has 0 saturated heterocycles. The van der Waals surface area contributed by atoms with Gasteiger partial charge in [-0.05, 0) is 29.8 Å². The van der Waals surface area contributed by atoms with E-state index in [0.717, 1.165) is 5.56 Å². The minimum atomic E-state index is -4.74. The number of hydrogen-bond donors (Lipinski definition) is 1. The van der Waals surface area contributed by atoms with Crippen LogP contribution < -0.4 is 10.1 Å². The Hall–Kier alpha value is -4.15. The minimum absolute atomic E-state index is 0.0775. The Balaban J connectivity index is 1.37. The van der Waals surface area contributed by atoms with Gasteiger partial charge in [0.15, 0.2) is 11.5 Å². The summed E-state index contributed by atoms with van der Waals surface area (Å²) >= 11 is 0. The Morgan fingerprint density at radius 2 is 1.84 bits per heavy atom. The SMILES string of the molecule is O=C(Nc1cn(Cc2ccc(OC(F)(F)F)cc2)nn1)c1coc(-c2ccccc2)n1. The average molecular weight is 429 g/mol. The molecule has 2 aromatic heterocycles. The number of aromatic nitrogens is 4. The molecule has 2 aromatic carbocycles. The monoisotopic (exact) mass is 429 g/mol. The highest BCUT2D eigenvalue weighted by Gasteiger charge is 2.30. The second-order valence-electron chi connectivity index (χ2n) is 6.35. The Morgan fingerprint density at radius 3 is 2.55 bits per heavy atom. The topological polar surface area (TPSA) is 95.1 Å². The average Bonchev–Trinajstić information content (AvgIpc) is 3.39. The lowest BCUT2D eigenvalue weighted by Gasteiger charge is -2.09. The van der Waals surface area contributed by atoms with Gasteiger partial charge in [-0.15, -0.1) is 18.3 Å². The molecule has 0 spiro atoms. The van der Waals surface area contributed by atoms with E-state index in [1.807, 2.05) is 18.2 Å². The number of rotatable bonds is 6. The van der Waals surface area contributed by atoms with Gasteiger partial charge in [0.2, 0.25) is 5.89 Å². The number of nitrogens with zero attached hydrogens (tertiary/aromatic N) is 4. The highest BCUT2D eigenvalue weighted by Crippen LogP contribution is 2.23. The molecule has 1 N–H and O–H groups in total. The van der Waals surface area contributed by atoms with Crippen molar-refractivity contribution in [3.63, 3.8) is 0 Å². The molecular formula is C20H14F3N5O3. The van der Waals surface area contributed by atoms with Crippen molar-refractivity contribution in [3.8, 4) is 17.2 Å². The molecule has 0 fully saturated rings. The predicted molar refractivity (Wildman–Crippen MR) is 102 cm³/mol. The third-order valence-corrected chi connectivity index (χ3v) is 4.04. The molecule has 8 nitrogen and oxygen atoms in total. The summed E-state index contributed by atoms with van der Waals surface area (Å²) in [5.41, 5.74) is 1.48. The number of alkyl halides is 3. The maximum Gasteiger partial charge on any atom is 0.573 e. The fourth-order valence-electron chi connectivity index (χ4n) is 2.69. The van der Waals surface area contributed by atoms with E-state index in [4.69, 9.17) is 4.42 Å². The first-order chi connectivity index (χ1) is 14.9. The molecule has 0 aliphatic rings. The van der Waals surface area contributed by atoms with Crippen molar-refractivity contribution in [2.75, 3.05) is 5.32 Å². The fraction of sp³-hybridized carbons (Fsp3) is 0.100. The van der Waals surface area contributed by atoms with Crippen molar-refractivity contribution in [2.24, 2.45) is 0 Å². The predicted octanol–water partition coefficient (Wildman–Crippen LogP) is 4.13. The molecule has 0 radical (unpaired) electrons. The number of amides is 1. The zero-order valence-corrected chi connectivity index (χ0v) is 15.7. The van der Waals surface area contributed by atoms with Gasteiger partial charge in [0.05, 0.1) is 12.7 Å². The lowest BCUT2D eigenvalue weighted by molar-refractivity contribution is -0.274. The van der Waals surface area contributed by atoms with E-state index in [0.29, 0.717) is 11.5 Å². The summed E-state index contributed by atoms with van der Waals surface area (Å²) < 4.78 is 47.2. The van der Waals surface area contributed by atoms with Crippen LogP contribution in [0.2, 0.25) is 0 Å². The molecule has 4 aromatic rings. The second-order valence-corrected chi connectivity index (χ2v) is 6.35. The van der Waals surface area contributed by atoms with Gasteiger partial charge in [0, 0.05) is 5.56 Å². The Labute approximate surface area is 173 Å². The summed E-state index contributed by atoms with van der Waals surface area (Å²) in [6.07, 6.45) is -2.02. The molecule has 2 heterocycles. The van der Waals surface area contributed by atoms with E-state index in [1.165, 1.54) is 41.4 Å². The van der Waals surface area contributed by atoms with Crippen molar-refractivity contribution in [3.05, 3.63) is 78.3 Å². The minimum Gasteiger partial charge on any atom is -0.444 e. The summed E-state index contributed by atoms with van der Waals surface area (Å²) in [5, 5.41) is 10.3. The number of ether oxygens (including phenoxy) is 1. The van der Waals surface area contributed by atoms with Crippen LogP contribution in [0.25, 0.3) is 11.5 Å². The van der Waals surface area contributed by atoms with Gasteiger partial charge in [-0.1, -0.05) is 35.5 Å². The number of carbonyl (C=O) groups excluding carboxylic acids is 1. The molecule has 0 aliphatic heterocycles. The lowest BCUT2D eigenvalue weighted by atomic mass is 10.2. The third kappa shape index (κ3) is 5.26. The zero-order chi connectivity index (χ0) is 21.8. The maximum absolute atomic E-state index is 12.4. The molecule has 31 heavy (non-hydrogen) atoms. The normalized spacial score (nSPS) is 11.3.